The number of halogens is 1. The van der Waals surface area contributed by atoms with E-state index in [0.717, 1.165) is 29.4 Å². The molecule has 3 nitrogen and oxygen atoms in total. The van der Waals surface area contributed by atoms with E-state index in [0.29, 0.717) is 5.88 Å². The lowest BCUT2D eigenvalue weighted by Gasteiger charge is -2.05. The van der Waals surface area contributed by atoms with Crippen LogP contribution in [0.3, 0.4) is 0 Å². The number of ether oxygens (including phenoxy) is 1. The van der Waals surface area contributed by atoms with Gasteiger partial charge in [-0.25, -0.2) is 4.98 Å². The molecule has 0 saturated heterocycles. The molecule has 1 aromatic heterocycles. The summed E-state index contributed by atoms with van der Waals surface area (Å²) in [7, 11) is 0. The second-order valence-corrected chi connectivity index (χ2v) is 4.37. The van der Waals surface area contributed by atoms with E-state index in [1.807, 2.05) is 13.0 Å². The summed E-state index contributed by atoms with van der Waals surface area (Å²) in [5.41, 5.74) is 0. The first-order valence-electron chi connectivity index (χ1n) is 4.94. The topological polar surface area (TPSA) is 35.0 Å². The number of aromatic nitrogens is 2. The average Bonchev–Trinajstić information content (AvgIpc) is 2.97. The molecule has 0 radical (unpaired) electrons. The molecule has 0 aromatic carbocycles. The zero-order valence-electron chi connectivity index (χ0n) is 8.16. The van der Waals surface area contributed by atoms with Crippen LogP contribution in [0.1, 0.15) is 25.6 Å². The Labute approximate surface area is 92.0 Å². The monoisotopic (exact) mass is 256 g/mol. The summed E-state index contributed by atoms with van der Waals surface area (Å²) in [4.78, 5) is 8.51. The first-order valence-corrected chi connectivity index (χ1v) is 5.73. The maximum absolute atomic E-state index is 5.57. The third-order valence-electron chi connectivity index (χ3n) is 2.20. The van der Waals surface area contributed by atoms with Gasteiger partial charge in [0.05, 0.1) is 6.61 Å². The van der Waals surface area contributed by atoms with Gasteiger partial charge in [-0.1, -0.05) is 6.92 Å². The van der Waals surface area contributed by atoms with Crippen molar-refractivity contribution in [2.45, 2.75) is 26.2 Å². The van der Waals surface area contributed by atoms with Crippen molar-refractivity contribution in [3.05, 3.63) is 16.5 Å². The van der Waals surface area contributed by atoms with Crippen LogP contribution in [0.15, 0.2) is 10.7 Å². The Morgan fingerprint density at radius 3 is 2.93 bits per heavy atom. The van der Waals surface area contributed by atoms with Crippen LogP contribution in [-0.4, -0.2) is 16.6 Å². The fourth-order valence-corrected chi connectivity index (χ4v) is 1.56. The lowest BCUT2D eigenvalue weighted by Crippen LogP contribution is -2.03. The van der Waals surface area contributed by atoms with Crippen molar-refractivity contribution in [2.24, 2.45) is 5.92 Å². The molecule has 0 bridgehead atoms. The lowest BCUT2D eigenvalue weighted by molar-refractivity contribution is 0.286. The summed E-state index contributed by atoms with van der Waals surface area (Å²) in [5.74, 6) is 2.27. The highest BCUT2D eigenvalue weighted by molar-refractivity contribution is 9.10. The molecule has 1 aliphatic carbocycles. The molecule has 1 aliphatic rings. The minimum Gasteiger partial charge on any atom is -0.477 e. The first-order chi connectivity index (χ1) is 6.78. The molecule has 1 fully saturated rings. The molecule has 76 valence electrons. The van der Waals surface area contributed by atoms with Gasteiger partial charge in [0.1, 0.15) is 10.4 Å². The zero-order valence-corrected chi connectivity index (χ0v) is 9.75. The maximum atomic E-state index is 5.57. The van der Waals surface area contributed by atoms with Crippen molar-refractivity contribution in [2.75, 3.05) is 6.61 Å². The molecule has 1 heterocycles. The number of hydrogen-bond acceptors (Lipinski definition) is 3. The quantitative estimate of drug-likeness (QED) is 0.777. The van der Waals surface area contributed by atoms with E-state index in [9.17, 15) is 0 Å². The van der Waals surface area contributed by atoms with Gasteiger partial charge in [-0.2, -0.15) is 4.98 Å². The molecule has 0 N–H and O–H groups in total. The third kappa shape index (κ3) is 2.67. The van der Waals surface area contributed by atoms with Gasteiger partial charge in [0.25, 0.3) is 0 Å². The predicted octanol–water partition coefficient (Wildman–Crippen LogP) is 2.59. The van der Waals surface area contributed by atoms with Crippen LogP contribution in [0, 0.1) is 5.92 Å². The number of rotatable bonds is 4. The maximum Gasteiger partial charge on any atom is 0.217 e. The van der Waals surface area contributed by atoms with E-state index in [-0.39, 0.29) is 0 Å². The molecule has 1 aromatic rings. The van der Waals surface area contributed by atoms with Crippen LogP contribution >= 0.6 is 15.9 Å². The van der Waals surface area contributed by atoms with Crippen molar-refractivity contribution >= 4 is 15.9 Å². The van der Waals surface area contributed by atoms with Crippen molar-refractivity contribution in [3.63, 3.8) is 0 Å². The van der Waals surface area contributed by atoms with Crippen LogP contribution in [0.2, 0.25) is 0 Å². The first kappa shape index (κ1) is 9.90. The largest absolute Gasteiger partial charge is 0.477 e. The van der Waals surface area contributed by atoms with Gasteiger partial charge in [0, 0.05) is 12.5 Å². The Kier molecular flexibility index (Phi) is 3.01. The van der Waals surface area contributed by atoms with Gasteiger partial charge in [-0.05, 0) is 34.7 Å². The molecule has 0 unspecified atom stereocenters. The fraction of sp³-hybridized carbons (Fsp3) is 0.600. The summed E-state index contributed by atoms with van der Waals surface area (Å²) in [6.45, 7) is 2.83. The molecule has 0 spiro atoms. The third-order valence-corrected chi connectivity index (χ3v) is 2.60. The Hall–Kier alpha value is -0.640. The molecule has 4 heteroatoms. The predicted molar refractivity (Wildman–Crippen MR) is 57.3 cm³/mol. The fourth-order valence-electron chi connectivity index (χ4n) is 1.16. The van der Waals surface area contributed by atoms with Crippen molar-refractivity contribution in [1.29, 1.82) is 0 Å². The Morgan fingerprint density at radius 1 is 1.50 bits per heavy atom. The summed E-state index contributed by atoms with van der Waals surface area (Å²) >= 11 is 3.35. The molecular weight excluding hydrogens is 244 g/mol. The van der Waals surface area contributed by atoms with E-state index in [1.165, 1.54) is 12.8 Å². The smallest absolute Gasteiger partial charge is 0.217 e. The van der Waals surface area contributed by atoms with Crippen LogP contribution in [0.5, 0.6) is 5.88 Å². The molecular formula is C10H13BrN2O. The minimum absolute atomic E-state index is 0.690. The van der Waals surface area contributed by atoms with Crippen molar-refractivity contribution in [3.8, 4) is 5.88 Å². The highest BCUT2D eigenvalue weighted by Crippen LogP contribution is 2.29. The summed E-state index contributed by atoms with van der Waals surface area (Å²) < 4.78 is 6.37. The highest BCUT2D eigenvalue weighted by atomic mass is 79.9. The Morgan fingerprint density at radius 2 is 2.29 bits per heavy atom. The van der Waals surface area contributed by atoms with Crippen LogP contribution < -0.4 is 4.74 Å². The molecule has 0 aliphatic heterocycles. The van der Waals surface area contributed by atoms with E-state index < -0.39 is 0 Å². The average molecular weight is 257 g/mol. The summed E-state index contributed by atoms with van der Waals surface area (Å²) in [5, 5.41) is 0. The molecule has 1 saturated carbocycles. The van der Waals surface area contributed by atoms with E-state index >= 15 is 0 Å². The lowest BCUT2D eigenvalue weighted by atomic mass is 10.4. The van der Waals surface area contributed by atoms with Crippen LogP contribution in [-0.2, 0) is 6.42 Å². The number of aryl methyl sites for hydroxylation is 1. The van der Waals surface area contributed by atoms with Crippen LogP contribution in [0.25, 0.3) is 0 Å². The molecule has 14 heavy (non-hydrogen) atoms. The van der Waals surface area contributed by atoms with E-state index in [2.05, 4.69) is 25.9 Å². The standard InChI is InChI=1S/C10H13BrN2O/c1-2-9-12-8(11)5-10(13-9)14-6-7-3-4-7/h5,7H,2-4,6H2,1H3. The molecule has 0 atom stereocenters. The van der Waals surface area contributed by atoms with Gasteiger partial charge in [-0.3, -0.25) is 0 Å². The zero-order chi connectivity index (χ0) is 9.97. The van der Waals surface area contributed by atoms with E-state index in [1.54, 1.807) is 0 Å². The van der Waals surface area contributed by atoms with Gasteiger partial charge in [0.2, 0.25) is 5.88 Å². The Bertz CT molecular complexity index is 326. The van der Waals surface area contributed by atoms with Crippen LogP contribution in [0.4, 0.5) is 0 Å². The van der Waals surface area contributed by atoms with Gasteiger partial charge < -0.3 is 4.74 Å². The number of nitrogens with zero attached hydrogens (tertiary/aromatic N) is 2. The van der Waals surface area contributed by atoms with Gasteiger partial charge in [0.15, 0.2) is 0 Å². The second kappa shape index (κ2) is 4.26. The summed E-state index contributed by atoms with van der Waals surface area (Å²) in [6.07, 6.45) is 3.43. The minimum atomic E-state index is 0.690. The molecule has 2 rings (SSSR count). The van der Waals surface area contributed by atoms with Crippen molar-refractivity contribution < 1.29 is 4.74 Å². The highest BCUT2D eigenvalue weighted by Gasteiger charge is 2.22. The molecule has 0 amide bonds. The Balaban J connectivity index is 2.03. The number of hydrogen-bond donors (Lipinski definition) is 0. The van der Waals surface area contributed by atoms with Gasteiger partial charge >= 0.3 is 0 Å². The second-order valence-electron chi connectivity index (χ2n) is 3.55. The normalized spacial score (nSPS) is 15.6. The SMILES string of the molecule is CCc1nc(Br)cc(OCC2CC2)n1. The van der Waals surface area contributed by atoms with Gasteiger partial charge in [-0.15, -0.1) is 0 Å². The van der Waals surface area contributed by atoms with E-state index in [4.69, 9.17) is 4.74 Å². The van der Waals surface area contributed by atoms with Crippen molar-refractivity contribution in [1.82, 2.24) is 9.97 Å². The summed E-state index contributed by atoms with van der Waals surface area (Å²) in [6, 6.07) is 1.82.